The first-order chi connectivity index (χ1) is 7.81. The Morgan fingerprint density at radius 2 is 2.12 bits per heavy atom. The average Bonchev–Trinajstić information content (AvgIpc) is 2.80. The highest BCUT2D eigenvalue weighted by Crippen LogP contribution is 2.31. The molecule has 1 unspecified atom stereocenters. The highest BCUT2D eigenvalue weighted by molar-refractivity contribution is 4.98. The third kappa shape index (κ3) is 2.59. The van der Waals surface area contributed by atoms with Crippen LogP contribution in [0.2, 0.25) is 0 Å². The van der Waals surface area contributed by atoms with E-state index in [4.69, 9.17) is 10.3 Å². The van der Waals surface area contributed by atoms with E-state index in [1.54, 1.807) is 0 Å². The minimum atomic E-state index is -0.713. The number of hydrogen-bond donors (Lipinski definition) is 2. The molecule has 1 atom stereocenters. The molecule has 0 radical (unpaired) electrons. The zero-order valence-electron chi connectivity index (χ0n) is 9.43. The van der Waals surface area contributed by atoms with Gasteiger partial charge < -0.3 is 15.4 Å². The second-order valence-electron chi connectivity index (χ2n) is 4.42. The van der Waals surface area contributed by atoms with E-state index in [0.29, 0.717) is 24.8 Å². The number of aliphatic hydroxyl groups is 1. The smallest absolute Gasteiger partial charge is 0.255 e. The molecule has 1 aromatic rings. The van der Waals surface area contributed by atoms with Crippen molar-refractivity contribution in [3.63, 3.8) is 0 Å². The lowest BCUT2D eigenvalue weighted by Crippen LogP contribution is -2.08. The van der Waals surface area contributed by atoms with Crippen LogP contribution in [0, 0.1) is 0 Å². The van der Waals surface area contributed by atoms with Gasteiger partial charge in [-0.3, -0.25) is 0 Å². The molecule has 5 heteroatoms. The first kappa shape index (κ1) is 11.5. The summed E-state index contributed by atoms with van der Waals surface area (Å²) in [6.45, 7) is 0.419. The molecule has 1 saturated carbocycles. The van der Waals surface area contributed by atoms with Crippen LogP contribution in [0.15, 0.2) is 4.52 Å². The summed E-state index contributed by atoms with van der Waals surface area (Å²) in [6.07, 6.45) is 5.79. The van der Waals surface area contributed by atoms with Crippen LogP contribution in [0.5, 0.6) is 0 Å². The number of aromatic nitrogens is 2. The average molecular weight is 225 g/mol. The summed E-state index contributed by atoms with van der Waals surface area (Å²) < 4.78 is 5.07. The molecule has 16 heavy (non-hydrogen) atoms. The van der Waals surface area contributed by atoms with Gasteiger partial charge in [-0.05, 0) is 25.8 Å². The summed E-state index contributed by atoms with van der Waals surface area (Å²) in [4.78, 5) is 4.27. The van der Waals surface area contributed by atoms with E-state index in [1.165, 1.54) is 19.3 Å². The van der Waals surface area contributed by atoms with Gasteiger partial charge in [0.05, 0.1) is 0 Å². The predicted molar refractivity (Wildman–Crippen MR) is 58.8 cm³/mol. The van der Waals surface area contributed by atoms with Crippen molar-refractivity contribution in [1.29, 1.82) is 0 Å². The van der Waals surface area contributed by atoms with Crippen molar-refractivity contribution >= 4 is 0 Å². The Bertz CT molecular complexity index is 321. The molecule has 5 nitrogen and oxygen atoms in total. The third-order valence-corrected chi connectivity index (χ3v) is 3.15. The molecule has 0 bridgehead atoms. The van der Waals surface area contributed by atoms with Crippen LogP contribution in [-0.4, -0.2) is 21.8 Å². The minimum absolute atomic E-state index is 0.311. The minimum Gasteiger partial charge on any atom is -0.383 e. The van der Waals surface area contributed by atoms with E-state index >= 15 is 0 Å². The second kappa shape index (κ2) is 5.41. The zero-order chi connectivity index (χ0) is 11.4. The van der Waals surface area contributed by atoms with Crippen molar-refractivity contribution < 1.29 is 9.63 Å². The summed E-state index contributed by atoms with van der Waals surface area (Å²) in [5.74, 6) is 1.48. The Kier molecular flexibility index (Phi) is 3.90. The number of nitrogens with zero attached hydrogens (tertiary/aromatic N) is 2. The largest absolute Gasteiger partial charge is 0.383 e. The molecule has 1 aliphatic rings. The molecule has 1 heterocycles. The molecule has 1 fully saturated rings. The monoisotopic (exact) mass is 225 g/mol. The maximum absolute atomic E-state index is 9.66. The number of nitrogens with two attached hydrogens (primary N) is 1. The molecule has 0 aromatic carbocycles. The van der Waals surface area contributed by atoms with Gasteiger partial charge in [-0.15, -0.1) is 0 Å². The molecule has 0 amide bonds. The van der Waals surface area contributed by atoms with Crippen LogP contribution in [0.25, 0.3) is 0 Å². The highest BCUT2D eigenvalue weighted by Gasteiger charge is 2.22. The molecular weight excluding hydrogens is 206 g/mol. The Morgan fingerprint density at radius 1 is 1.38 bits per heavy atom. The van der Waals surface area contributed by atoms with Gasteiger partial charge in [0, 0.05) is 5.92 Å². The lowest BCUT2D eigenvalue weighted by atomic mass is 9.89. The van der Waals surface area contributed by atoms with E-state index in [2.05, 4.69) is 10.1 Å². The Hall–Kier alpha value is -0.940. The van der Waals surface area contributed by atoms with Crippen molar-refractivity contribution in [3.8, 4) is 0 Å². The SMILES string of the molecule is NCCC(O)c1nc(C2CCCCC2)no1. The standard InChI is InChI=1S/C11H19N3O2/c12-7-6-9(15)11-13-10(14-16-11)8-4-2-1-3-5-8/h8-9,15H,1-7,12H2. The Labute approximate surface area is 95.0 Å². The quantitative estimate of drug-likeness (QED) is 0.811. The van der Waals surface area contributed by atoms with Crippen molar-refractivity contribution in [2.75, 3.05) is 6.54 Å². The number of rotatable bonds is 4. The summed E-state index contributed by atoms with van der Waals surface area (Å²) in [5.41, 5.74) is 5.37. The highest BCUT2D eigenvalue weighted by atomic mass is 16.5. The van der Waals surface area contributed by atoms with Crippen LogP contribution in [0.1, 0.15) is 62.3 Å². The van der Waals surface area contributed by atoms with Crippen molar-refractivity contribution in [1.82, 2.24) is 10.1 Å². The van der Waals surface area contributed by atoms with E-state index in [1.807, 2.05) is 0 Å². The lowest BCUT2D eigenvalue weighted by molar-refractivity contribution is 0.127. The lowest BCUT2D eigenvalue weighted by Gasteiger charge is -2.17. The van der Waals surface area contributed by atoms with E-state index < -0.39 is 6.10 Å². The summed E-state index contributed by atoms with van der Waals surface area (Å²) in [5, 5.41) is 13.6. The van der Waals surface area contributed by atoms with Gasteiger partial charge in [-0.25, -0.2) is 0 Å². The van der Waals surface area contributed by atoms with Crippen LogP contribution >= 0.6 is 0 Å². The normalized spacial score (nSPS) is 19.9. The molecular formula is C11H19N3O2. The summed E-state index contributed by atoms with van der Waals surface area (Å²) >= 11 is 0. The molecule has 0 saturated heterocycles. The molecule has 1 aromatic heterocycles. The van der Waals surface area contributed by atoms with Crippen LogP contribution < -0.4 is 5.73 Å². The summed E-state index contributed by atoms with van der Waals surface area (Å²) in [7, 11) is 0. The fourth-order valence-electron chi connectivity index (χ4n) is 2.19. The van der Waals surface area contributed by atoms with Gasteiger partial charge in [-0.2, -0.15) is 4.98 Å². The maximum Gasteiger partial charge on any atom is 0.255 e. The van der Waals surface area contributed by atoms with Gasteiger partial charge in [0.2, 0.25) is 0 Å². The molecule has 90 valence electrons. The first-order valence-electron chi connectivity index (χ1n) is 6.03. The van der Waals surface area contributed by atoms with Crippen LogP contribution in [-0.2, 0) is 0 Å². The molecule has 1 aliphatic carbocycles. The second-order valence-corrected chi connectivity index (χ2v) is 4.42. The van der Waals surface area contributed by atoms with Gasteiger partial charge in [0.25, 0.3) is 5.89 Å². The number of hydrogen-bond acceptors (Lipinski definition) is 5. The topological polar surface area (TPSA) is 85.2 Å². The van der Waals surface area contributed by atoms with Crippen LogP contribution in [0.3, 0.4) is 0 Å². The van der Waals surface area contributed by atoms with E-state index in [-0.39, 0.29) is 0 Å². The first-order valence-corrected chi connectivity index (χ1v) is 6.03. The zero-order valence-corrected chi connectivity index (χ0v) is 9.43. The van der Waals surface area contributed by atoms with Crippen LogP contribution in [0.4, 0.5) is 0 Å². The van der Waals surface area contributed by atoms with Gasteiger partial charge in [0.15, 0.2) is 5.82 Å². The molecule has 3 N–H and O–H groups in total. The maximum atomic E-state index is 9.66. The van der Waals surface area contributed by atoms with Gasteiger partial charge in [-0.1, -0.05) is 24.4 Å². The molecule has 0 spiro atoms. The Morgan fingerprint density at radius 3 is 2.81 bits per heavy atom. The number of aliphatic hydroxyl groups excluding tert-OH is 1. The fourth-order valence-corrected chi connectivity index (χ4v) is 2.19. The van der Waals surface area contributed by atoms with Crippen molar-refractivity contribution in [3.05, 3.63) is 11.7 Å². The van der Waals surface area contributed by atoms with Crippen molar-refractivity contribution in [2.24, 2.45) is 5.73 Å². The Balaban J connectivity index is 2.00. The van der Waals surface area contributed by atoms with Crippen molar-refractivity contribution in [2.45, 2.75) is 50.5 Å². The van der Waals surface area contributed by atoms with Gasteiger partial charge in [0.1, 0.15) is 6.10 Å². The fraction of sp³-hybridized carbons (Fsp3) is 0.818. The van der Waals surface area contributed by atoms with E-state index in [9.17, 15) is 5.11 Å². The third-order valence-electron chi connectivity index (χ3n) is 3.15. The predicted octanol–water partition coefficient (Wildman–Crippen LogP) is 1.50. The van der Waals surface area contributed by atoms with Gasteiger partial charge >= 0.3 is 0 Å². The van der Waals surface area contributed by atoms with E-state index in [0.717, 1.165) is 18.7 Å². The summed E-state index contributed by atoms with van der Waals surface area (Å²) in [6, 6.07) is 0. The molecule has 2 rings (SSSR count). The molecule has 0 aliphatic heterocycles.